The van der Waals surface area contributed by atoms with Gasteiger partial charge in [0.15, 0.2) is 0 Å². The maximum atomic E-state index is 11.7. The van der Waals surface area contributed by atoms with Crippen molar-refractivity contribution in [3.63, 3.8) is 0 Å². The van der Waals surface area contributed by atoms with Crippen LogP contribution < -0.4 is 15.9 Å². The molecule has 0 fully saturated rings. The first-order valence-corrected chi connectivity index (χ1v) is 10.5. The molecule has 0 aromatic heterocycles. The van der Waals surface area contributed by atoms with Crippen LogP contribution in [-0.2, 0) is 9.53 Å². The second kappa shape index (κ2) is 9.11. The minimum Gasteiger partial charge on any atom is -0.462 e. The van der Waals surface area contributed by atoms with Gasteiger partial charge in [-0.1, -0.05) is 91.0 Å². The summed E-state index contributed by atoms with van der Waals surface area (Å²) in [4.78, 5) is 16.5. The second-order valence-electron chi connectivity index (χ2n) is 5.73. The number of benzene rings is 3. The van der Waals surface area contributed by atoms with Crippen LogP contribution in [0.15, 0.2) is 101 Å². The number of ether oxygens (including phenoxy) is 1. The molecule has 0 unspecified atom stereocenters. The van der Waals surface area contributed by atoms with Gasteiger partial charge in [0.05, 0.1) is 13.7 Å². The monoisotopic (exact) mass is 376 g/mol. The van der Waals surface area contributed by atoms with Crippen molar-refractivity contribution >= 4 is 35.2 Å². The Morgan fingerprint density at radius 1 is 0.815 bits per heavy atom. The fraction of sp³-hybridized carbons (Fsp3) is 0.0909. The molecule has 27 heavy (non-hydrogen) atoms. The van der Waals surface area contributed by atoms with Crippen LogP contribution >= 0.6 is 7.05 Å². The van der Waals surface area contributed by atoms with Crippen LogP contribution in [0.3, 0.4) is 0 Å². The van der Waals surface area contributed by atoms with E-state index < -0.39 is 13.0 Å². The number of carbonyl (C=O) groups is 1. The van der Waals surface area contributed by atoms with E-state index in [2.05, 4.69) is 41.5 Å². The summed E-state index contributed by atoms with van der Waals surface area (Å²) in [5, 5.41) is 7.38. The van der Waals surface area contributed by atoms with Crippen molar-refractivity contribution in [2.75, 3.05) is 6.61 Å². The Kier molecular flexibility index (Phi) is 6.35. The first-order chi connectivity index (χ1) is 13.3. The lowest BCUT2D eigenvalue weighted by molar-refractivity contribution is -0.134. The maximum absolute atomic E-state index is 11.7. The lowest BCUT2D eigenvalue weighted by Crippen LogP contribution is -2.25. The second-order valence-corrected chi connectivity index (χ2v) is 8.73. The summed E-state index contributed by atoms with van der Waals surface area (Å²) in [7, 11) is -2.41. The number of rotatable bonds is 6. The number of hydrogen-bond acceptors (Lipinski definition) is 3. The van der Waals surface area contributed by atoms with Crippen LogP contribution in [0.4, 0.5) is 0 Å². The minimum atomic E-state index is -2.41. The van der Waals surface area contributed by atoms with Gasteiger partial charge in [-0.2, -0.15) is 9.96 Å². The third-order valence-corrected chi connectivity index (χ3v) is 7.53. The molecule has 3 aromatic carbocycles. The quantitative estimate of drug-likeness (QED) is 0.285. The summed E-state index contributed by atoms with van der Waals surface area (Å²) >= 11 is 0. The Bertz CT molecular complexity index is 852. The SMILES string of the molecule is CCOC(=O)C=NN=P(c1ccccc1)(c1ccccc1)c1ccccc1. The molecule has 3 rings (SSSR count). The van der Waals surface area contributed by atoms with Crippen LogP contribution in [0.25, 0.3) is 0 Å². The van der Waals surface area contributed by atoms with Crippen molar-refractivity contribution in [3.05, 3.63) is 91.0 Å². The zero-order chi connectivity index (χ0) is 19.0. The van der Waals surface area contributed by atoms with E-state index in [9.17, 15) is 4.79 Å². The third kappa shape index (κ3) is 4.24. The maximum Gasteiger partial charge on any atom is 0.351 e. The molecule has 3 aromatic rings. The first kappa shape index (κ1) is 18.8. The summed E-state index contributed by atoms with van der Waals surface area (Å²) in [6.45, 7) is 2.07. The van der Waals surface area contributed by atoms with Crippen LogP contribution in [0.1, 0.15) is 6.92 Å². The smallest absolute Gasteiger partial charge is 0.351 e. The van der Waals surface area contributed by atoms with E-state index in [0.717, 1.165) is 22.1 Å². The highest BCUT2D eigenvalue weighted by molar-refractivity contribution is 7.87. The molecule has 0 amide bonds. The van der Waals surface area contributed by atoms with Crippen LogP contribution in [0.2, 0.25) is 0 Å². The zero-order valence-corrected chi connectivity index (χ0v) is 16.0. The predicted molar refractivity (Wildman–Crippen MR) is 113 cm³/mol. The van der Waals surface area contributed by atoms with Crippen molar-refractivity contribution < 1.29 is 9.53 Å². The van der Waals surface area contributed by atoms with E-state index in [4.69, 9.17) is 9.59 Å². The number of nitrogens with zero attached hydrogens (tertiary/aromatic N) is 2. The molecule has 0 aliphatic rings. The lowest BCUT2D eigenvalue weighted by atomic mass is 10.4. The number of esters is 1. The van der Waals surface area contributed by atoms with Crippen molar-refractivity contribution in [3.8, 4) is 0 Å². The van der Waals surface area contributed by atoms with Crippen LogP contribution in [0.5, 0.6) is 0 Å². The van der Waals surface area contributed by atoms with Gasteiger partial charge in [0.1, 0.15) is 6.21 Å². The summed E-state index contributed by atoms with van der Waals surface area (Å²) in [6, 6.07) is 30.3. The van der Waals surface area contributed by atoms with E-state index in [0.29, 0.717) is 6.61 Å². The van der Waals surface area contributed by atoms with E-state index in [1.54, 1.807) is 6.92 Å². The summed E-state index contributed by atoms with van der Waals surface area (Å²) in [5.41, 5.74) is 0. The first-order valence-electron chi connectivity index (χ1n) is 8.75. The van der Waals surface area contributed by atoms with Crippen molar-refractivity contribution in [1.29, 1.82) is 0 Å². The highest BCUT2D eigenvalue weighted by atomic mass is 31.2. The van der Waals surface area contributed by atoms with Crippen molar-refractivity contribution in [2.24, 2.45) is 9.96 Å². The molecule has 0 N–H and O–H groups in total. The van der Waals surface area contributed by atoms with E-state index in [-0.39, 0.29) is 0 Å². The van der Waals surface area contributed by atoms with Gasteiger partial charge in [-0.05, 0) is 6.92 Å². The largest absolute Gasteiger partial charge is 0.462 e. The van der Waals surface area contributed by atoms with Crippen LogP contribution in [-0.4, -0.2) is 18.8 Å². The molecule has 0 saturated carbocycles. The van der Waals surface area contributed by atoms with E-state index in [1.807, 2.05) is 54.6 Å². The predicted octanol–water partition coefficient (Wildman–Crippen LogP) is 3.71. The third-order valence-electron chi connectivity index (χ3n) is 4.03. The Morgan fingerprint density at radius 3 is 1.59 bits per heavy atom. The van der Waals surface area contributed by atoms with Gasteiger partial charge in [-0.3, -0.25) is 0 Å². The van der Waals surface area contributed by atoms with Gasteiger partial charge in [0.25, 0.3) is 0 Å². The lowest BCUT2D eigenvalue weighted by Gasteiger charge is -2.25. The van der Waals surface area contributed by atoms with Gasteiger partial charge in [0, 0.05) is 15.9 Å². The molecule has 0 atom stereocenters. The summed E-state index contributed by atoms with van der Waals surface area (Å²) < 4.78 is 4.94. The molecule has 0 spiro atoms. The molecule has 0 aliphatic carbocycles. The molecule has 5 heteroatoms. The molecular weight excluding hydrogens is 355 g/mol. The van der Waals surface area contributed by atoms with E-state index >= 15 is 0 Å². The molecule has 0 radical (unpaired) electrons. The van der Waals surface area contributed by atoms with Gasteiger partial charge < -0.3 is 4.74 Å². The Morgan fingerprint density at radius 2 is 1.22 bits per heavy atom. The van der Waals surface area contributed by atoms with E-state index in [1.165, 1.54) is 0 Å². The van der Waals surface area contributed by atoms with Crippen molar-refractivity contribution in [1.82, 2.24) is 0 Å². The van der Waals surface area contributed by atoms with Gasteiger partial charge in [0.2, 0.25) is 0 Å². The van der Waals surface area contributed by atoms with Crippen molar-refractivity contribution in [2.45, 2.75) is 6.92 Å². The minimum absolute atomic E-state index is 0.307. The summed E-state index contributed by atoms with van der Waals surface area (Å²) in [5.74, 6) is -0.492. The highest BCUT2D eigenvalue weighted by Gasteiger charge is 2.27. The average Bonchev–Trinajstić information content (AvgIpc) is 2.73. The number of carbonyl (C=O) groups excluding carboxylic acids is 1. The topological polar surface area (TPSA) is 51.0 Å². The molecule has 0 heterocycles. The molecular formula is C22H21N2O2P. The Balaban J connectivity index is 2.28. The zero-order valence-electron chi connectivity index (χ0n) is 15.1. The highest BCUT2D eigenvalue weighted by Crippen LogP contribution is 2.46. The standard InChI is InChI=1S/C22H21N2O2P/c1-2-26-22(25)18-23-24-27(19-12-6-3-7-13-19,20-14-8-4-9-15-20)21-16-10-5-11-17-21/h3-18H,2H2,1H3. The Hall–Kier alpha value is -2.97. The summed E-state index contributed by atoms with van der Waals surface area (Å²) in [6.07, 6.45) is 1.15. The van der Waals surface area contributed by atoms with Gasteiger partial charge in [-0.15, -0.1) is 0 Å². The fourth-order valence-corrected chi connectivity index (χ4v) is 6.08. The van der Waals surface area contributed by atoms with Gasteiger partial charge >= 0.3 is 5.97 Å². The number of hydrogen-bond donors (Lipinski definition) is 0. The molecule has 136 valence electrons. The van der Waals surface area contributed by atoms with Gasteiger partial charge in [-0.25, -0.2) is 4.79 Å². The molecule has 0 saturated heterocycles. The average molecular weight is 376 g/mol. The molecule has 4 nitrogen and oxygen atoms in total. The Labute approximate surface area is 159 Å². The van der Waals surface area contributed by atoms with Crippen LogP contribution in [0, 0.1) is 0 Å². The molecule has 0 bridgehead atoms. The normalized spacial score (nSPS) is 11.3. The fourth-order valence-electron chi connectivity index (χ4n) is 2.86. The molecule has 0 aliphatic heterocycles.